The number of hydrogen-bond acceptors (Lipinski definition) is 4. The monoisotopic (exact) mass is 346 g/mol. The number of aliphatic hydroxyl groups excluding tert-OH is 2. The lowest BCUT2D eigenvalue weighted by molar-refractivity contribution is -0.158. The van der Waals surface area contributed by atoms with Gasteiger partial charge in [0.05, 0.1) is 18.3 Å². The zero-order valence-electron chi connectivity index (χ0n) is 15.5. The normalized spacial score (nSPS) is 52.0. The van der Waals surface area contributed by atoms with Gasteiger partial charge < -0.3 is 15.3 Å². The van der Waals surface area contributed by atoms with E-state index in [4.69, 9.17) is 0 Å². The highest BCUT2D eigenvalue weighted by Crippen LogP contribution is 2.66. The van der Waals surface area contributed by atoms with Crippen molar-refractivity contribution >= 4 is 5.78 Å². The molecule has 4 nitrogen and oxygen atoms in total. The molecule has 4 heteroatoms. The first-order valence-electron chi connectivity index (χ1n) is 9.62. The highest BCUT2D eigenvalue weighted by molar-refractivity contribution is 6.06. The Morgan fingerprint density at radius 3 is 2.64 bits per heavy atom. The van der Waals surface area contributed by atoms with Crippen molar-refractivity contribution in [2.45, 2.75) is 64.6 Å². The first kappa shape index (κ1) is 17.4. The van der Waals surface area contributed by atoms with Crippen LogP contribution >= 0.6 is 0 Å². The van der Waals surface area contributed by atoms with E-state index in [1.54, 1.807) is 6.08 Å². The number of carbonyl (C=O) groups excluding carboxylic acids is 1. The third-order valence-electron chi connectivity index (χ3n) is 8.41. The van der Waals surface area contributed by atoms with Crippen molar-refractivity contribution in [3.63, 3.8) is 0 Å². The summed E-state index contributed by atoms with van der Waals surface area (Å²) in [4.78, 5) is 12.2. The fraction of sp³-hybridized carbons (Fsp3) is 0.762. The van der Waals surface area contributed by atoms with Crippen LogP contribution < -0.4 is 0 Å². The molecular weight excluding hydrogens is 316 g/mol. The third-order valence-corrected chi connectivity index (χ3v) is 8.41. The van der Waals surface area contributed by atoms with E-state index in [0.29, 0.717) is 23.8 Å². The highest BCUT2D eigenvalue weighted by Gasteiger charge is 2.64. The van der Waals surface area contributed by atoms with Gasteiger partial charge in [0, 0.05) is 22.3 Å². The summed E-state index contributed by atoms with van der Waals surface area (Å²) in [5.41, 5.74) is 0.202. The van der Waals surface area contributed by atoms with Crippen LogP contribution in [0.2, 0.25) is 0 Å². The summed E-state index contributed by atoms with van der Waals surface area (Å²) >= 11 is 0. The Morgan fingerprint density at radius 2 is 1.96 bits per heavy atom. The van der Waals surface area contributed by atoms with Gasteiger partial charge in [0.15, 0.2) is 5.78 Å². The maximum atomic E-state index is 12.2. The summed E-state index contributed by atoms with van der Waals surface area (Å²) in [5.74, 6) is 0.702. The van der Waals surface area contributed by atoms with Crippen molar-refractivity contribution in [3.8, 4) is 0 Å². The fourth-order valence-electron chi connectivity index (χ4n) is 6.85. The van der Waals surface area contributed by atoms with Gasteiger partial charge in [0.2, 0.25) is 0 Å². The van der Waals surface area contributed by atoms with Crippen LogP contribution in [0.4, 0.5) is 0 Å². The molecule has 4 aliphatic carbocycles. The van der Waals surface area contributed by atoms with Crippen LogP contribution in [-0.2, 0) is 4.79 Å². The quantitative estimate of drug-likeness (QED) is 0.681. The topological polar surface area (TPSA) is 77.8 Å². The molecule has 0 aliphatic heterocycles. The Balaban J connectivity index is 1.78. The third kappa shape index (κ3) is 2.14. The number of fused-ring (bicyclic) bond motifs is 5. The smallest absolute Gasteiger partial charge is 0.183 e. The van der Waals surface area contributed by atoms with Crippen LogP contribution in [0.3, 0.4) is 0 Å². The predicted octanol–water partition coefficient (Wildman–Crippen LogP) is 2.38. The summed E-state index contributed by atoms with van der Waals surface area (Å²) in [6.07, 6.45) is 7.35. The van der Waals surface area contributed by atoms with Gasteiger partial charge in [-0.2, -0.15) is 0 Å². The Labute approximate surface area is 149 Å². The largest absolute Gasteiger partial charge is 0.393 e. The summed E-state index contributed by atoms with van der Waals surface area (Å²) in [6.45, 7) is 5.95. The van der Waals surface area contributed by atoms with E-state index in [-0.39, 0.29) is 29.1 Å². The molecule has 0 radical (unpaired) electrons. The van der Waals surface area contributed by atoms with Crippen molar-refractivity contribution in [3.05, 3.63) is 23.3 Å². The zero-order valence-corrected chi connectivity index (χ0v) is 15.5. The second-order valence-corrected chi connectivity index (χ2v) is 9.48. The Kier molecular flexibility index (Phi) is 3.68. The first-order valence-corrected chi connectivity index (χ1v) is 9.62. The molecule has 3 fully saturated rings. The van der Waals surface area contributed by atoms with E-state index in [9.17, 15) is 20.1 Å². The minimum absolute atomic E-state index is 0.0501. The van der Waals surface area contributed by atoms with Crippen LogP contribution in [0.5, 0.6) is 0 Å². The maximum absolute atomic E-state index is 12.2. The number of aliphatic hydroxyl groups is 3. The second kappa shape index (κ2) is 5.28. The first-order chi connectivity index (χ1) is 11.6. The van der Waals surface area contributed by atoms with Crippen molar-refractivity contribution in [2.75, 3.05) is 6.61 Å². The van der Waals surface area contributed by atoms with Gasteiger partial charge in [-0.15, -0.1) is 0 Å². The summed E-state index contributed by atoms with van der Waals surface area (Å²) in [5, 5.41) is 31.7. The molecule has 0 saturated heterocycles. The van der Waals surface area contributed by atoms with Gasteiger partial charge in [-0.25, -0.2) is 0 Å². The predicted molar refractivity (Wildman–Crippen MR) is 94.7 cm³/mol. The average molecular weight is 346 g/mol. The molecule has 3 N–H and O–H groups in total. The zero-order chi connectivity index (χ0) is 18.2. The molecule has 0 bridgehead atoms. The minimum Gasteiger partial charge on any atom is -0.393 e. The Bertz CT molecular complexity index is 675. The van der Waals surface area contributed by atoms with E-state index in [2.05, 4.69) is 13.8 Å². The van der Waals surface area contributed by atoms with E-state index < -0.39 is 11.7 Å². The van der Waals surface area contributed by atoms with Gasteiger partial charge in [-0.1, -0.05) is 25.5 Å². The van der Waals surface area contributed by atoms with Gasteiger partial charge >= 0.3 is 0 Å². The molecule has 0 aromatic heterocycles. The van der Waals surface area contributed by atoms with E-state index in [1.807, 2.05) is 13.0 Å². The molecule has 4 aliphatic rings. The molecule has 138 valence electrons. The molecule has 0 spiro atoms. The molecule has 7 atom stereocenters. The lowest BCUT2D eigenvalue weighted by Gasteiger charge is -2.59. The maximum Gasteiger partial charge on any atom is 0.183 e. The summed E-state index contributed by atoms with van der Waals surface area (Å²) in [6, 6.07) is 0. The van der Waals surface area contributed by atoms with Crippen molar-refractivity contribution in [2.24, 2.45) is 28.6 Å². The lowest BCUT2D eigenvalue weighted by atomic mass is 9.46. The molecule has 3 saturated carbocycles. The van der Waals surface area contributed by atoms with Crippen LogP contribution in [0, 0.1) is 28.6 Å². The number of rotatable bonds is 1. The van der Waals surface area contributed by atoms with Crippen LogP contribution in [-0.4, -0.2) is 39.4 Å². The number of carbonyl (C=O) groups is 1. The van der Waals surface area contributed by atoms with E-state index >= 15 is 0 Å². The minimum atomic E-state index is -0.727. The van der Waals surface area contributed by atoms with Gasteiger partial charge in [0.1, 0.15) is 0 Å². The standard InChI is InChI=1S/C21H30O4/c1-19-9-12(11-22)16(23)8-13(19)4-5-14-15-6-7-21(3,25)20(15,2)10-17(24)18(14)19/h8-9,14-15,17-18,22,24-25H,4-7,10-11H2,1-3H3. The Hall–Kier alpha value is -0.970. The highest BCUT2D eigenvalue weighted by atomic mass is 16.3. The number of ketones is 1. The average Bonchev–Trinajstić information content (AvgIpc) is 2.76. The van der Waals surface area contributed by atoms with Gasteiger partial charge in [0.25, 0.3) is 0 Å². The van der Waals surface area contributed by atoms with Crippen molar-refractivity contribution in [1.82, 2.24) is 0 Å². The van der Waals surface area contributed by atoms with Gasteiger partial charge in [-0.3, -0.25) is 4.79 Å². The van der Waals surface area contributed by atoms with E-state index in [1.165, 1.54) is 0 Å². The van der Waals surface area contributed by atoms with Crippen LogP contribution in [0.15, 0.2) is 23.3 Å². The van der Waals surface area contributed by atoms with Crippen molar-refractivity contribution < 1.29 is 20.1 Å². The number of hydrogen-bond donors (Lipinski definition) is 3. The molecule has 0 amide bonds. The fourth-order valence-corrected chi connectivity index (χ4v) is 6.85. The van der Waals surface area contributed by atoms with Crippen LogP contribution in [0.1, 0.15) is 52.9 Å². The lowest BCUT2D eigenvalue weighted by Crippen LogP contribution is -2.58. The van der Waals surface area contributed by atoms with Gasteiger partial charge in [-0.05, 0) is 56.9 Å². The summed E-state index contributed by atoms with van der Waals surface area (Å²) < 4.78 is 0. The molecule has 0 heterocycles. The van der Waals surface area contributed by atoms with Crippen molar-refractivity contribution in [1.29, 1.82) is 0 Å². The summed E-state index contributed by atoms with van der Waals surface area (Å²) in [7, 11) is 0. The molecule has 0 aromatic carbocycles. The molecule has 25 heavy (non-hydrogen) atoms. The van der Waals surface area contributed by atoms with Crippen LogP contribution in [0.25, 0.3) is 0 Å². The Morgan fingerprint density at radius 1 is 1.24 bits per heavy atom. The molecule has 7 unspecified atom stereocenters. The van der Waals surface area contributed by atoms with E-state index in [0.717, 1.165) is 31.3 Å². The molecular formula is C21H30O4. The SMILES string of the molecule is CC12C=C(CO)C(=O)C=C1CCC1C2C(O)CC2(C)C1CCC2(C)O. The number of allylic oxidation sites excluding steroid dienone is 3. The molecule has 4 rings (SSSR count). The molecule has 0 aromatic rings. The second-order valence-electron chi connectivity index (χ2n) is 9.48.